The molecule has 0 radical (unpaired) electrons. The van der Waals surface area contributed by atoms with E-state index >= 15 is 0 Å². The Morgan fingerprint density at radius 1 is 1.10 bits per heavy atom. The summed E-state index contributed by atoms with van der Waals surface area (Å²) in [7, 11) is 0. The maximum absolute atomic E-state index is 11.6. The fourth-order valence-corrected chi connectivity index (χ4v) is 2.91. The summed E-state index contributed by atoms with van der Waals surface area (Å²) in [6.45, 7) is 8.03. The van der Waals surface area contributed by atoms with Crippen molar-refractivity contribution in [1.82, 2.24) is 4.90 Å². The normalized spacial score (nSPS) is 18.1. The number of carbonyl (C=O) groups excluding carboxylic acids is 1. The van der Waals surface area contributed by atoms with Gasteiger partial charge in [0.1, 0.15) is 0 Å². The molecule has 1 saturated heterocycles. The Kier molecular flexibility index (Phi) is 4.71. The molecular weight excluding hydrogens is 248 g/mol. The van der Waals surface area contributed by atoms with Crippen molar-refractivity contribution in [2.45, 2.75) is 45.6 Å². The zero-order valence-electron chi connectivity index (χ0n) is 12.7. The fourth-order valence-electron chi connectivity index (χ4n) is 2.91. The van der Waals surface area contributed by atoms with Crippen LogP contribution in [0.1, 0.15) is 45.6 Å². The number of benzene rings is 1. The van der Waals surface area contributed by atoms with Gasteiger partial charge >= 0.3 is 0 Å². The van der Waals surface area contributed by atoms with E-state index in [4.69, 9.17) is 0 Å². The highest BCUT2D eigenvalue weighted by molar-refractivity contribution is 6.11. The molecule has 3 heteroatoms. The number of piperidine rings is 1. The molecule has 0 saturated carbocycles. The second kappa shape index (κ2) is 6.31. The standard InChI is InChI=1S/C17H24N2O/c1-14(20)18-16(15-10-6-4-7-11-15)17(2,3)19-12-8-5-9-13-19/h4,6-7,10-11H,5,8-9,12-13H2,1-3H3. The zero-order chi connectivity index (χ0) is 14.6. The molecule has 108 valence electrons. The van der Waals surface area contributed by atoms with Gasteiger partial charge in [0.25, 0.3) is 0 Å². The van der Waals surface area contributed by atoms with Gasteiger partial charge < -0.3 is 0 Å². The Morgan fingerprint density at radius 2 is 1.70 bits per heavy atom. The van der Waals surface area contributed by atoms with Gasteiger partial charge in [-0.15, -0.1) is 0 Å². The van der Waals surface area contributed by atoms with Gasteiger partial charge in [-0.05, 0) is 45.3 Å². The third-order valence-corrected chi connectivity index (χ3v) is 4.04. The minimum Gasteiger partial charge on any atom is -0.293 e. The summed E-state index contributed by atoms with van der Waals surface area (Å²) in [6, 6.07) is 10.1. The smallest absolute Gasteiger partial charge is 0.242 e. The highest BCUT2D eigenvalue weighted by Gasteiger charge is 2.34. The van der Waals surface area contributed by atoms with Crippen LogP contribution in [0.15, 0.2) is 35.3 Å². The molecule has 2 rings (SSSR count). The average Bonchev–Trinajstić information content (AvgIpc) is 2.46. The molecule has 0 aromatic heterocycles. The number of nitrogens with zero attached hydrogens (tertiary/aromatic N) is 2. The van der Waals surface area contributed by atoms with Gasteiger partial charge in [0, 0.05) is 6.92 Å². The summed E-state index contributed by atoms with van der Waals surface area (Å²) in [5.41, 5.74) is 1.71. The predicted octanol–water partition coefficient (Wildman–Crippen LogP) is 3.29. The van der Waals surface area contributed by atoms with Crippen molar-refractivity contribution in [3.8, 4) is 0 Å². The van der Waals surface area contributed by atoms with Crippen LogP contribution in [0.2, 0.25) is 0 Å². The first kappa shape index (κ1) is 14.9. The second-order valence-corrected chi connectivity index (χ2v) is 5.95. The van der Waals surface area contributed by atoms with E-state index in [2.05, 4.69) is 23.7 Å². The molecule has 0 unspecified atom stereocenters. The summed E-state index contributed by atoms with van der Waals surface area (Å²) in [5.74, 6) is -0.131. The molecule has 1 heterocycles. The van der Waals surface area contributed by atoms with E-state index in [0.717, 1.165) is 24.4 Å². The van der Waals surface area contributed by atoms with Gasteiger partial charge in [0.15, 0.2) is 0 Å². The zero-order valence-corrected chi connectivity index (χ0v) is 12.7. The molecule has 1 aromatic carbocycles. The molecule has 1 fully saturated rings. The van der Waals surface area contributed by atoms with Crippen molar-refractivity contribution in [3.63, 3.8) is 0 Å². The SMILES string of the molecule is CC(=O)N=C(c1ccccc1)C(C)(C)N1CCCCC1. The van der Waals surface area contributed by atoms with Gasteiger partial charge in [-0.3, -0.25) is 9.69 Å². The Hall–Kier alpha value is -1.48. The van der Waals surface area contributed by atoms with Crippen molar-refractivity contribution in [1.29, 1.82) is 0 Å². The molecule has 1 aliphatic heterocycles. The highest BCUT2D eigenvalue weighted by atomic mass is 16.1. The maximum Gasteiger partial charge on any atom is 0.242 e. The number of rotatable bonds is 3. The van der Waals surface area contributed by atoms with Crippen molar-refractivity contribution in [3.05, 3.63) is 35.9 Å². The molecule has 1 aliphatic rings. The van der Waals surface area contributed by atoms with Crippen LogP contribution in [0.25, 0.3) is 0 Å². The summed E-state index contributed by atoms with van der Waals surface area (Å²) < 4.78 is 0. The molecule has 3 nitrogen and oxygen atoms in total. The van der Waals surface area contributed by atoms with Gasteiger partial charge in [0.05, 0.1) is 11.3 Å². The Balaban J connectivity index is 2.38. The van der Waals surface area contributed by atoms with Crippen LogP contribution in [0.3, 0.4) is 0 Å². The van der Waals surface area contributed by atoms with Crippen LogP contribution in [0.4, 0.5) is 0 Å². The number of aliphatic imine (C=N–C) groups is 1. The Morgan fingerprint density at radius 3 is 2.25 bits per heavy atom. The Labute approximate surface area is 121 Å². The lowest BCUT2D eigenvalue weighted by molar-refractivity contribution is -0.115. The van der Waals surface area contributed by atoms with Crippen LogP contribution in [-0.4, -0.2) is 35.1 Å². The third kappa shape index (κ3) is 3.34. The molecular formula is C17H24N2O. The quantitative estimate of drug-likeness (QED) is 0.791. The molecule has 0 spiro atoms. The topological polar surface area (TPSA) is 32.7 Å². The first-order valence-corrected chi connectivity index (χ1v) is 7.42. The molecule has 0 atom stereocenters. The molecule has 0 N–H and O–H groups in total. The molecule has 0 bridgehead atoms. The number of carbonyl (C=O) groups is 1. The van der Waals surface area contributed by atoms with Gasteiger partial charge in [-0.25, -0.2) is 4.99 Å². The van der Waals surface area contributed by atoms with Crippen molar-refractivity contribution in [2.75, 3.05) is 13.1 Å². The van der Waals surface area contributed by atoms with Crippen LogP contribution in [0.5, 0.6) is 0 Å². The minimum absolute atomic E-state index is 0.131. The van der Waals surface area contributed by atoms with Crippen LogP contribution >= 0.6 is 0 Å². The van der Waals surface area contributed by atoms with E-state index in [9.17, 15) is 4.79 Å². The van der Waals surface area contributed by atoms with Crippen molar-refractivity contribution < 1.29 is 4.79 Å². The van der Waals surface area contributed by atoms with Crippen LogP contribution in [-0.2, 0) is 4.79 Å². The minimum atomic E-state index is -0.215. The van der Waals surface area contributed by atoms with E-state index in [0.29, 0.717) is 0 Å². The van der Waals surface area contributed by atoms with Gasteiger partial charge in [-0.1, -0.05) is 36.8 Å². The van der Waals surface area contributed by atoms with E-state index < -0.39 is 0 Å². The summed E-state index contributed by atoms with van der Waals surface area (Å²) in [4.78, 5) is 18.3. The van der Waals surface area contributed by atoms with Crippen LogP contribution in [0, 0.1) is 0 Å². The van der Waals surface area contributed by atoms with E-state index in [-0.39, 0.29) is 11.4 Å². The number of likely N-dealkylation sites (tertiary alicyclic amines) is 1. The lowest BCUT2D eigenvalue weighted by Crippen LogP contribution is -2.52. The largest absolute Gasteiger partial charge is 0.293 e. The third-order valence-electron chi connectivity index (χ3n) is 4.04. The van der Waals surface area contributed by atoms with Crippen molar-refractivity contribution >= 4 is 11.6 Å². The highest BCUT2D eigenvalue weighted by Crippen LogP contribution is 2.25. The number of amides is 1. The lowest BCUT2D eigenvalue weighted by Gasteiger charge is -2.41. The first-order valence-electron chi connectivity index (χ1n) is 7.42. The Bertz CT molecular complexity index is 485. The van der Waals surface area contributed by atoms with Crippen LogP contribution < -0.4 is 0 Å². The second-order valence-electron chi connectivity index (χ2n) is 5.95. The van der Waals surface area contributed by atoms with E-state index in [1.165, 1.54) is 26.2 Å². The summed E-state index contributed by atoms with van der Waals surface area (Å²) in [5, 5.41) is 0. The van der Waals surface area contributed by atoms with Gasteiger partial charge in [-0.2, -0.15) is 0 Å². The summed E-state index contributed by atoms with van der Waals surface area (Å²) in [6.07, 6.45) is 3.76. The summed E-state index contributed by atoms with van der Waals surface area (Å²) >= 11 is 0. The van der Waals surface area contributed by atoms with E-state index in [1.54, 1.807) is 0 Å². The maximum atomic E-state index is 11.6. The van der Waals surface area contributed by atoms with E-state index in [1.807, 2.05) is 30.3 Å². The first-order chi connectivity index (χ1) is 9.51. The average molecular weight is 272 g/mol. The lowest BCUT2D eigenvalue weighted by atomic mass is 9.88. The number of hydrogen-bond acceptors (Lipinski definition) is 2. The van der Waals surface area contributed by atoms with Crippen molar-refractivity contribution in [2.24, 2.45) is 4.99 Å². The monoisotopic (exact) mass is 272 g/mol. The fraction of sp³-hybridized carbons (Fsp3) is 0.529. The van der Waals surface area contributed by atoms with Gasteiger partial charge in [0.2, 0.25) is 5.91 Å². The predicted molar refractivity (Wildman–Crippen MR) is 83.2 cm³/mol. The molecule has 0 aliphatic carbocycles. The molecule has 1 aromatic rings. The number of hydrogen-bond donors (Lipinski definition) is 0. The molecule has 20 heavy (non-hydrogen) atoms. The molecule has 1 amide bonds.